The smallest absolute Gasteiger partial charge is 0.0242 e. The lowest BCUT2D eigenvalue weighted by atomic mass is 9.91. The average Bonchev–Trinajstić information content (AvgIpc) is 2.55. The van der Waals surface area contributed by atoms with E-state index in [1.165, 1.54) is 24.0 Å². The Hall–Kier alpha value is -1.60. The first-order chi connectivity index (χ1) is 10.2. The van der Waals surface area contributed by atoms with Gasteiger partial charge in [0.25, 0.3) is 0 Å². The lowest BCUT2D eigenvalue weighted by molar-refractivity contribution is 0.0776. The van der Waals surface area contributed by atoms with Crippen LogP contribution < -0.4 is 0 Å². The van der Waals surface area contributed by atoms with Gasteiger partial charge < -0.3 is 0 Å². The summed E-state index contributed by atoms with van der Waals surface area (Å²) < 4.78 is 0. The van der Waals surface area contributed by atoms with E-state index in [0.717, 1.165) is 13.1 Å². The molecule has 2 aromatic rings. The van der Waals surface area contributed by atoms with Crippen LogP contribution >= 0.6 is 0 Å². The zero-order valence-corrected chi connectivity index (χ0v) is 13.5. The van der Waals surface area contributed by atoms with Crippen molar-refractivity contribution >= 4 is 0 Å². The Labute approximate surface area is 129 Å². The largest absolute Gasteiger partial charge is 0.289 e. The Morgan fingerprint density at radius 2 is 1.10 bits per heavy atom. The predicted octanol–water partition coefficient (Wildman–Crippen LogP) is 5.27. The molecule has 0 spiro atoms. The van der Waals surface area contributed by atoms with Gasteiger partial charge >= 0.3 is 0 Å². The van der Waals surface area contributed by atoms with Gasteiger partial charge in [-0.05, 0) is 30.9 Å². The molecule has 0 aliphatic rings. The van der Waals surface area contributed by atoms with Crippen LogP contribution in [-0.2, 0) is 13.1 Å². The van der Waals surface area contributed by atoms with E-state index in [1.54, 1.807) is 0 Å². The summed E-state index contributed by atoms with van der Waals surface area (Å²) in [5, 5.41) is 0. The van der Waals surface area contributed by atoms with Crippen molar-refractivity contribution < 1.29 is 0 Å². The number of nitrogens with zero attached hydrogens (tertiary/aromatic N) is 1. The molecule has 0 N–H and O–H groups in total. The molecular weight excluding hydrogens is 254 g/mol. The lowest BCUT2D eigenvalue weighted by Crippen LogP contribution is -2.44. The van der Waals surface area contributed by atoms with Crippen LogP contribution in [0.1, 0.15) is 44.7 Å². The highest BCUT2D eigenvalue weighted by atomic mass is 15.2. The first-order valence-corrected chi connectivity index (χ1v) is 8.01. The van der Waals surface area contributed by atoms with Gasteiger partial charge in [-0.15, -0.1) is 0 Å². The molecule has 112 valence electrons. The third kappa shape index (κ3) is 4.18. The minimum atomic E-state index is 0.242. The van der Waals surface area contributed by atoms with Gasteiger partial charge in [-0.2, -0.15) is 0 Å². The molecule has 1 heteroatoms. The molecule has 0 amide bonds. The van der Waals surface area contributed by atoms with E-state index in [1.807, 2.05) is 0 Å². The van der Waals surface area contributed by atoms with E-state index in [9.17, 15) is 0 Å². The van der Waals surface area contributed by atoms with Gasteiger partial charge in [-0.25, -0.2) is 0 Å². The maximum Gasteiger partial charge on any atom is 0.0242 e. The Morgan fingerprint density at radius 3 is 1.43 bits per heavy atom. The second-order valence-corrected chi connectivity index (χ2v) is 6.03. The summed E-state index contributed by atoms with van der Waals surface area (Å²) in [5.41, 5.74) is 3.02. The Bertz CT molecular complexity index is 473. The molecule has 2 rings (SSSR count). The molecule has 0 bridgehead atoms. The van der Waals surface area contributed by atoms with E-state index in [2.05, 4.69) is 86.3 Å². The summed E-state index contributed by atoms with van der Waals surface area (Å²) in [4.78, 5) is 2.62. The Balaban J connectivity index is 2.22. The minimum Gasteiger partial charge on any atom is -0.289 e. The van der Waals surface area contributed by atoms with Crippen molar-refractivity contribution in [1.29, 1.82) is 0 Å². The highest BCUT2D eigenvalue weighted by Crippen LogP contribution is 2.27. The zero-order chi connectivity index (χ0) is 15.1. The third-order valence-corrected chi connectivity index (χ3v) is 4.72. The van der Waals surface area contributed by atoms with Crippen molar-refractivity contribution in [2.24, 2.45) is 0 Å². The van der Waals surface area contributed by atoms with Crippen molar-refractivity contribution in [1.82, 2.24) is 4.90 Å². The maximum atomic E-state index is 2.62. The van der Waals surface area contributed by atoms with Gasteiger partial charge in [0.1, 0.15) is 0 Å². The van der Waals surface area contributed by atoms with Gasteiger partial charge in [0.2, 0.25) is 0 Å². The fourth-order valence-corrected chi connectivity index (χ4v) is 2.74. The van der Waals surface area contributed by atoms with E-state index in [4.69, 9.17) is 0 Å². The normalized spacial score (nSPS) is 11.8. The van der Waals surface area contributed by atoms with E-state index in [0.29, 0.717) is 0 Å². The van der Waals surface area contributed by atoms with Crippen LogP contribution in [0.15, 0.2) is 60.7 Å². The summed E-state index contributed by atoms with van der Waals surface area (Å²) in [6.07, 6.45) is 2.34. The predicted molar refractivity (Wildman–Crippen MR) is 91.1 cm³/mol. The maximum absolute atomic E-state index is 2.62. The molecule has 0 fully saturated rings. The van der Waals surface area contributed by atoms with Crippen LogP contribution in [0, 0.1) is 0 Å². The summed E-state index contributed by atoms with van der Waals surface area (Å²) >= 11 is 0. The molecule has 0 aliphatic heterocycles. The molecule has 0 aliphatic carbocycles. The lowest BCUT2D eigenvalue weighted by Gasteiger charge is -2.40. The average molecular weight is 281 g/mol. The molecule has 0 saturated heterocycles. The Morgan fingerprint density at radius 1 is 0.714 bits per heavy atom. The topological polar surface area (TPSA) is 3.24 Å². The highest BCUT2D eigenvalue weighted by Gasteiger charge is 2.28. The molecule has 0 heterocycles. The number of benzene rings is 2. The van der Waals surface area contributed by atoms with Crippen LogP contribution in [0.25, 0.3) is 0 Å². The second kappa shape index (κ2) is 7.42. The molecule has 1 nitrogen and oxygen atoms in total. The van der Waals surface area contributed by atoms with Crippen LogP contribution in [0.3, 0.4) is 0 Å². The fraction of sp³-hybridized carbons (Fsp3) is 0.400. The zero-order valence-electron chi connectivity index (χ0n) is 13.5. The number of hydrogen-bond acceptors (Lipinski definition) is 1. The van der Waals surface area contributed by atoms with E-state index in [-0.39, 0.29) is 5.54 Å². The molecule has 0 radical (unpaired) electrons. The number of rotatable bonds is 7. The molecular formula is C20H27N. The van der Waals surface area contributed by atoms with Crippen LogP contribution in [0.2, 0.25) is 0 Å². The molecule has 2 aromatic carbocycles. The second-order valence-electron chi connectivity index (χ2n) is 6.03. The minimum absolute atomic E-state index is 0.242. The van der Waals surface area contributed by atoms with Gasteiger partial charge in [0, 0.05) is 18.6 Å². The van der Waals surface area contributed by atoms with Crippen molar-refractivity contribution in [3.05, 3.63) is 71.8 Å². The van der Waals surface area contributed by atoms with Crippen molar-refractivity contribution in [2.75, 3.05) is 0 Å². The summed E-state index contributed by atoms with van der Waals surface area (Å²) in [6.45, 7) is 9.00. The molecule has 0 aromatic heterocycles. The standard InChI is InChI=1S/C20H27N/c1-4-20(3,5-2)21(16-18-12-8-6-9-13-18)17-19-14-10-7-11-15-19/h6-15H,4-5,16-17H2,1-3H3. The third-order valence-electron chi connectivity index (χ3n) is 4.72. The molecule has 0 atom stereocenters. The summed E-state index contributed by atoms with van der Waals surface area (Å²) in [5.74, 6) is 0. The fourth-order valence-electron chi connectivity index (χ4n) is 2.74. The summed E-state index contributed by atoms with van der Waals surface area (Å²) in [6, 6.07) is 21.6. The van der Waals surface area contributed by atoms with Crippen LogP contribution in [-0.4, -0.2) is 10.4 Å². The first-order valence-electron chi connectivity index (χ1n) is 8.01. The highest BCUT2D eigenvalue weighted by molar-refractivity contribution is 5.18. The van der Waals surface area contributed by atoms with Gasteiger partial charge in [0.15, 0.2) is 0 Å². The van der Waals surface area contributed by atoms with Crippen molar-refractivity contribution in [3.8, 4) is 0 Å². The van der Waals surface area contributed by atoms with E-state index >= 15 is 0 Å². The monoisotopic (exact) mass is 281 g/mol. The Kier molecular flexibility index (Phi) is 5.58. The molecule has 0 saturated carbocycles. The SMILES string of the molecule is CCC(C)(CC)N(Cc1ccccc1)Cc1ccccc1. The number of hydrogen-bond donors (Lipinski definition) is 0. The molecule has 0 unspecified atom stereocenters. The summed E-state index contributed by atoms with van der Waals surface area (Å²) in [7, 11) is 0. The van der Waals surface area contributed by atoms with Gasteiger partial charge in [0.05, 0.1) is 0 Å². The van der Waals surface area contributed by atoms with E-state index < -0.39 is 0 Å². The van der Waals surface area contributed by atoms with Crippen molar-refractivity contribution in [2.45, 2.75) is 52.2 Å². The van der Waals surface area contributed by atoms with Crippen molar-refractivity contribution in [3.63, 3.8) is 0 Å². The quantitative estimate of drug-likeness (QED) is 0.668. The molecule has 21 heavy (non-hydrogen) atoms. The first kappa shape index (κ1) is 15.8. The van der Waals surface area contributed by atoms with Gasteiger partial charge in [-0.1, -0.05) is 74.5 Å². The van der Waals surface area contributed by atoms with Gasteiger partial charge in [-0.3, -0.25) is 4.90 Å². The van der Waals surface area contributed by atoms with Crippen LogP contribution in [0.4, 0.5) is 0 Å². The van der Waals surface area contributed by atoms with Crippen LogP contribution in [0.5, 0.6) is 0 Å².